The van der Waals surface area contributed by atoms with Crippen molar-refractivity contribution in [2.45, 2.75) is 13.3 Å². The molecule has 0 radical (unpaired) electrons. The van der Waals surface area contributed by atoms with Gasteiger partial charge in [-0.25, -0.2) is 13.6 Å². The molecule has 0 amide bonds. The fourth-order valence-electron chi connectivity index (χ4n) is 2.42. The van der Waals surface area contributed by atoms with Crippen LogP contribution >= 0.6 is 0 Å². The van der Waals surface area contributed by atoms with E-state index >= 15 is 0 Å². The van der Waals surface area contributed by atoms with E-state index in [9.17, 15) is 18.4 Å². The Bertz CT molecular complexity index is 1030. The Kier molecular flexibility index (Phi) is 7.58. The van der Waals surface area contributed by atoms with Gasteiger partial charge in [-0.05, 0) is 29.3 Å². The molecule has 0 aliphatic heterocycles. The smallest absolute Gasteiger partial charge is 0.335 e. The molecule has 30 heavy (non-hydrogen) atoms. The normalized spacial score (nSPS) is 10.5. The second-order valence-electron chi connectivity index (χ2n) is 6.09. The molecule has 0 unspecified atom stereocenters. The maximum Gasteiger partial charge on any atom is 0.335 e. The zero-order valence-corrected chi connectivity index (χ0v) is 16.4. The lowest BCUT2D eigenvalue weighted by Gasteiger charge is -2.10. The number of hydrogen-bond acceptors (Lipinski definition) is 4. The third-order valence-corrected chi connectivity index (χ3v) is 3.98. The summed E-state index contributed by atoms with van der Waals surface area (Å²) in [4.78, 5) is 22.4. The quantitative estimate of drug-likeness (QED) is 0.183. The Morgan fingerprint density at radius 2 is 1.67 bits per heavy atom. The van der Waals surface area contributed by atoms with Gasteiger partial charge in [0.05, 0.1) is 0 Å². The fraction of sp³-hybridized carbons (Fsp3) is 0.0833. The third-order valence-electron chi connectivity index (χ3n) is 3.98. The summed E-state index contributed by atoms with van der Waals surface area (Å²) in [5.41, 5.74) is 0.574. The van der Waals surface area contributed by atoms with Gasteiger partial charge in [-0.15, -0.1) is 0 Å². The molecule has 0 saturated heterocycles. The monoisotopic (exact) mass is 410 g/mol. The van der Waals surface area contributed by atoms with Crippen molar-refractivity contribution in [3.8, 4) is 16.9 Å². The molecule has 0 saturated carbocycles. The second-order valence-corrected chi connectivity index (χ2v) is 6.09. The highest BCUT2D eigenvalue weighted by Gasteiger charge is 2.16. The number of ether oxygens (including phenoxy) is 2. The summed E-state index contributed by atoms with van der Waals surface area (Å²) in [6.45, 7) is 12.2. The molecule has 2 aromatic carbocycles. The summed E-state index contributed by atoms with van der Waals surface area (Å²) >= 11 is 0. The van der Waals surface area contributed by atoms with E-state index < -0.39 is 23.6 Å². The fourth-order valence-corrected chi connectivity index (χ4v) is 2.42. The summed E-state index contributed by atoms with van der Waals surface area (Å²) in [5, 5.41) is 0. The van der Waals surface area contributed by atoms with E-state index in [-0.39, 0.29) is 34.6 Å². The van der Waals surface area contributed by atoms with Crippen molar-refractivity contribution >= 4 is 17.5 Å². The molecule has 0 fully saturated rings. The summed E-state index contributed by atoms with van der Waals surface area (Å²) in [5.74, 6) is -2.87. The molecule has 0 aliphatic carbocycles. The highest BCUT2D eigenvalue weighted by molar-refractivity contribution is 5.83. The summed E-state index contributed by atoms with van der Waals surface area (Å²) in [6.07, 6.45) is 3.94. The maximum absolute atomic E-state index is 14.7. The van der Waals surface area contributed by atoms with Crippen LogP contribution in [0.25, 0.3) is 16.7 Å². The van der Waals surface area contributed by atoms with Gasteiger partial charge in [0.2, 0.25) is 0 Å². The number of allylic oxidation sites excluding steroid dienone is 3. The zero-order valence-electron chi connectivity index (χ0n) is 16.4. The minimum Gasteiger partial charge on any atom is -0.427 e. The van der Waals surface area contributed by atoms with E-state index in [2.05, 4.69) is 19.7 Å². The van der Waals surface area contributed by atoms with E-state index in [0.717, 1.165) is 6.08 Å². The topological polar surface area (TPSA) is 52.6 Å². The molecule has 0 bridgehead atoms. The van der Waals surface area contributed by atoms with Crippen molar-refractivity contribution < 1.29 is 27.8 Å². The summed E-state index contributed by atoms with van der Waals surface area (Å²) in [7, 11) is 0. The first-order valence-electron chi connectivity index (χ1n) is 8.96. The van der Waals surface area contributed by atoms with Crippen LogP contribution in [0.4, 0.5) is 8.78 Å². The van der Waals surface area contributed by atoms with Crippen LogP contribution in [0.3, 0.4) is 0 Å². The van der Waals surface area contributed by atoms with Crippen molar-refractivity contribution in [2.24, 2.45) is 0 Å². The van der Waals surface area contributed by atoms with Crippen LogP contribution in [-0.4, -0.2) is 11.9 Å². The van der Waals surface area contributed by atoms with Crippen LogP contribution in [-0.2, 0) is 14.3 Å². The number of carbonyl (C=O) groups excluding carboxylic acids is 2. The number of carbonyl (C=O) groups is 2. The first-order chi connectivity index (χ1) is 14.3. The SMILES string of the molecule is C=CC(=O)Oc1ccc(-c2ccc(C(=C)/C=C\C(=C)OC(=O)CC)c(F)c2F)cc1. The lowest BCUT2D eigenvalue weighted by molar-refractivity contribution is -0.138. The predicted molar refractivity (Wildman–Crippen MR) is 111 cm³/mol. The van der Waals surface area contributed by atoms with Crippen LogP contribution in [0.15, 0.2) is 80.1 Å². The predicted octanol–water partition coefficient (Wildman–Crippen LogP) is 5.76. The van der Waals surface area contributed by atoms with Crippen LogP contribution in [0.2, 0.25) is 0 Å². The average Bonchev–Trinajstić information content (AvgIpc) is 2.74. The molecule has 2 rings (SSSR count). The van der Waals surface area contributed by atoms with Gasteiger partial charge < -0.3 is 9.47 Å². The van der Waals surface area contributed by atoms with Gasteiger partial charge >= 0.3 is 11.9 Å². The number of hydrogen-bond donors (Lipinski definition) is 0. The Morgan fingerprint density at radius 1 is 1.00 bits per heavy atom. The van der Waals surface area contributed by atoms with Gasteiger partial charge in [-0.3, -0.25) is 4.79 Å². The van der Waals surface area contributed by atoms with E-state index in [1.165, 1.54) is 48.6 Å². The van der Waals surface area contributed by atoms with Crippen LogP contribution < -0.4 is 4.74 Å². The van der Waals surface area contributed by atoms with Gasteiger partial charge in [-0.2, -0.15) is 0 Å². The molecule has 154 valence electrons. The Hall–Kier alpha value is -3.80. The van der Waals surface area contributed by atoms with Gasteiger partial charge in [-0.1, -0.05) is 57.0 Å². The van der Waals surface area contributed by atoms with Crippen LogP contribution in [0.1, 0.15) is 18.9 Å². The zero-order chi connectivity index (χ0) is 22.3. The largest absolute Gasteiger partial charge is 0.427 e. The van der Waals surface area contributed by atoms with Crippen molar-refractivity contribution in [3.63, 3.8) is 0 Å². The first kappa shape index (κ1) is 22.5. The number of rotatable bonds is 8. The standard InChI is InChI=1S/C24H20F2O4/c1-5-21(27)29-16(4)8-7-15(3)19-13-14-20(24(26)23(19)25)17-9-11-18(12-10-17)30-22(28)6-2/h6-14H,2-5H2,1H3/b8-7-. The Balaban J connectivity index is 2.22. The molecule has 0 aliphatic rings. The van der Waals surface area contributed by atoms with Gasteiger partial charge in [0.1, 0.15) is 11.5 Å². The molecule has 0 aromatic heterocycles. The maximum atomic E-state index is 14.7. The lowest BCUT2D eigenvalue weighted by atomic mass is 9.99. The highest BCUT2D eigenvalue weighted by atomic mass is 19.2. The van der Waals surface area contributed by atoms with E-state index in [1.54, 1.807) is 6.92 Å². The first-order valence-corrected chi connectivity index (χ1v) is 8.96. The molecule has 0 spiro atoms. The Morgan fingerprint density at radius 3 is 2.27 bits per heavy atom. The van der Waals surface area contributed by atoms with Crippen molar-refractivity contribution in [1.29, 1.82) is 0 Å². The molecular weight excluding hydrogens is 390 g/mol. The summed E-state index contributed by atoms with van der Waals surface area (Å²) in [6, 6.07) is 8.75. The molecule has 0 N–H and O–H groups in total. The molecule has 0 heterocycles. The van der Waals surface area contributed by atoms with Crippen molar-refractivity contribution in [2.75, 3.05) is 0 Å². The minimum absolute atomic E-state index is 0.0379. The van der Waals surface area contributed by atoms with E-state index in [0.29, 0.717) is 5.56 Å². The summed E-state index contributed by atoms with van der Waals surface area (Å²) < 4.78 is 39.1. The average molecular weight is 410 g/mol. The number of benzene rings is 2. The molecule has 0 atom stereocenters. The molecule has 2 aromatic rings. The van der Waals surface area contributed by atoms with Gasteiger partial charge in [0.25, 0.3) is 0 Å². The van der Waals surface area contributed by atoms with Crippen LogP contribution in [0, 0.1) is 11.6 Å². The van der Waals surface area contributed by atoms with Crippen LogP contribution in [0.5, 0.6) is 5.75 Å². The number of esters is 2. The third kappa shape index (κ3) is 5.61. The van der Waals surface area contributed by atoms with E-state index in [1.807, 2.05) is 0 Å². The minimum atomic E-state index is -1.07. The van der Waals surface area contributed by atoms with Crippen molar-refractivity contribution in [3.05, 3.63) is 97.3 Å². The molecular formula is C24H20F2O4. The van der Waals surface area contributed by atoms with E-state index in [4.69, 9.17) is 9.47 Å². The second kappa shape index (κ2) is 10.1. The Labute approximate surface area is 173 Å². The molecule has 6 heteroatoms. The van der Waals surface area contributed by atoms with Gasteiger partial charge in [0.15, 0.2) is 11.6 Å². The highest BCUT2D eigenvalue weighted by Crippen LogP contribution is 2.30. The lowest BCUT2D eigenvalue weighted by Crippen LogP contribution is -2.02. The number of halogens is 2. The van der Waals surface area contributed by atoms with Crippen molar-refractivity contribution in [1.82, 2.24) is 0 Å². The molecule has 4 nitrogen and oxygen atoms in total. The van der Waals surface area contributed by atoms with Gasteiger partial charge in [0, 0.05) is 23.6 Å².